The molecule has 0 aromatic carbocycles. The van der Waals surface area contributed by atoms with Crippen LogP contribution in [0.5, 0.6) is 0 Å². The van der Waals surface area contributed by atoms with Crippen LogP contribution in [0.4, 0.5) is 5.13 Å². The van der Waals surface area contributed by atoms with Gasteiger partial charge in [0.1, 0.15) is 0 Å². The molecule has 8 heteroatoms. The molecule has 2 amide bonds. The van der Waals surface area contributed by atoms with E-state index in [1.54, 1.807) is 22.7 Å². The second kappa shape index (κ2) is 8.37. The number of aryl methyl sites for hydroxylation is 1. The zero-order chi connectivity index (χ0) is 17.6. The molecule has 0 saturated heterocycles. The molecule has 0 bridgehead atoms. The number of hydrogen-bond acceptors (Lipinski definition) is 6. The number of carbonyl (C=O) groups excluding carboxylic acids is 2. The van der Waals surface area contributed by atoms with Crippen LogP contribution in [0.25, 0.3) is 10.6 Å². The molecule has 25 heavy (non-hydrogen) atoms. The highest BCUT2D eigenvalue weighted by Gasteiger charge is 2.10. The summed E-state index contributed by atoms with van der Waals surface area (Å²) < 4.78 is 0. The number of hydrogen-bond donors (Lipinski definition) is 2. The van der Waals surface area contributed by atoms with Crippen molar-refractivity contribution in [3.63, 3.8) is 0 Å². The van der Waals surface area contributed by atoms with Gasteiger partial charge in [-0.3, -0.25) is 9.59 Å². The summed E-state index contributed by atoms with van der Waals surface area (Å²) in [5.74, 6) is -0.0667. The molecule has 3 aromatic heterocycles. The van der Waals surface area contributed by atoms with Gasteiger partial charge in [-0.25, -0.2) is 4.98 Å². The van der Waals surface area contributed by atoms with Gasteiger partial charge in [0, 0.05) is 28.5 Å². The first-order valence-electron chi connectivity index (χ1n) is 7.71. The number of rotatable bonds is 7. The van der Waals surface area contributed by atoms with Crippen LogP contribution in [0.3, 0.4) is 0 Å². The van der Waals surface area contributed by atoms with Crippen LogP contribution in [-0.2, 0) is 22.6 Å². The van der Waals surface area contributed by atoms with Crippen molar-refractivity contribution in [3.05, 3.63) is 44.8 Å². The Morgan fingerprint density at radius 3 is 2.80 bits per heavy atom. The predicted molar refractivity (Wildman–Crippen MR) is 104 cm³/mol. The predicted octanol–water partition coefficient (Wildman–Crippen LogP) is 4.14. The monoisotopic (exact) mass is 391 g/mol. The van der Waals surface area contributed by atoms with Crippen LogP contribution in [-0.4, -0.2) is 16.8 Å². The van der Waals surface area contributed by atoms with Gasteiger partial charge in [0.25, 0.3) is 0 Å². The Bertz CT molecular complexity index is 852. The van der Waals surface area contributed by atoms with Crippen molar-refractivity contribution < 1.29 is 9.59 Å². The highest BCUT2D eigenvalue weighted by molar-refractivity contribution is 7.17. The van der Waals surface area contributed by atoms with Gasteiger partial charge in [-0.2, -0.15) is 0 Å². The van der Waals surface area contributed by atoms with E-state index < -0.39 is 0 Å². The fourth-order valence-corrected chi connectivity index (χ4v) is 4.56. The van der Waals surface area contributed by atoms with E-state index in [0.29, 0.717) is 18.1 Å². The summed E-state index contributed by atoms with van der Waals surface area (Å²) in [7, 11) is 0. The third-order valence-electron chi connectivity index (χ3n) is 3.35. The van der Waals surface area contributed by atoms with Crippen LogP contribution in [0.2, 0.25) is 0 Å². The van der Waals surface area contributed by atoms with Crippen molar-refractivity contribution in [3.8, 4) is 10.6 Å². The fourth-order valence-electron chi connectivity index (χ4n) is 2.14. The van der Waals surface area contributed by atoms with Crippen LogP contribution in [0.1, 0.15) is 23.1 Å². The number of thiazole rings is 1. The summed E-state index contributed by atoms with van der Waals surface area (Å²) in [4.78, 5) is 30.8. The summed E-state index contributed by atoms with van der Waals surface area (Å²) >= 11 is 4.67. The van der Waals surface area contributed by atoms with E-state index in [0.717, 1.165) is 21.9 Å². The van der Waals surface area contributed by atoms with Gasteiger partial charge in [-0.1, -0.05) is 6.07 Å². The normalized spacial score (nSPS) is 10.6. The maximum atomic E-state index is 12.0. The van der Waals surface area contributed by atoms with Gasteiger partial charge >= 0.3 is 0 Å². The van der Waals surface area contributed by atoms with Gasteiger partial charge in [0.2, 0.25) is 11.8 Å². The van der Waals surface area contributed by atoms with Crippen molar-refractivity contribution in [1.82, 2.24) is 10.3 Å². The Morgan fingerprint density at radius 1 is 1.16 bits per heavy atom. The van der Waals surface area contributed by atoms with E-state index in [1.807, 2.05) is 35.0 Å². The lowest BCUT2D eigenvalue weighted by atomic mass is 10.2. The van der Waals surface area contributed by atoms with E-state index in [2.05, 4.69) is 15.6 Å². The second-order valence-electron chi connectivity index (χ2n) is 5.34. The van der Waals surface area contributed by atoms with Gasteiger partial charge in [0.15, 0.2) is 5.13 Å². The molecular formula is C17H17N3O2S3. The molecule has 3 heterocycles. The van der Waals surface area contributed by atoms with E-state index in [9.17, 15) is 9.59 Å². The summed E-state index contributed by atoms with van der Waals surface area (Å²) in [6.07, 6.45) is 1.20. The fraction of sp³-hybridized carbons (Fsp3) is 0.235. The van der Waals surface area contributed by atoms with Crippen molar-refractivity contribution in [2.75, 3.05) is 5.32 Å². The van der Waals surface area contributed by atoms with E-state index >= 15 is 0 Å². The molecular weight excluding hydrogens is 374 g/mol. The Kier molecular flexibility index (Phi) is 5.95. The number of aromatic nitrogens is 1. The topological polar surface area (TPSA) is 71.1 Å². The third kappa shape index (κ3) is 5.22. The average molecular weight is 392 g/mol. The molecule has 3 rings (SSSR count). The standard InChI is InChI=1S/C17H17N3O2S3/c1-11(21)18-9-13-4-6-15(25-13)14-10-24-17(19-14)20-16(22)7-5-12-3-2-8-23-12/h2-4,6,8,10H,5,7,9H2,1H3,(H,18,21)(H,19,20,22). The third-order valence-corrected chi connectivity index (χ3v) is 6.16. The van der Waals surface area contributed by atoms with Crippen molar-refractivity contribution >= 4 is 51.0 Å². The SMILES string of the molecule is CC(=O)NCc1ccc(-c2csc(NC(=O)CCc3cccs3)n2)s1. The first-order valence-corrected chi connectivity index (χ1v) is 10.3. The molecule has 5 nitrogen and oxygen atoms in total. The Morgan fingerprint density at radius 2 is 2.04 bits per heavy atom. The number of anilines is 1. The molecule has 0 saturated carbocycles. The first kappa shape index (κ1) is 17.8. The second-order valence-corrected chi connectivity index (χ2v) is 8.40. The Labute approximate surface area is 157 Å². The Balaban J connectivity index is 1.55. The number of carbonyl (C=O) groups is 2. The molecule has 0 unspecified atom stereocenters. The van der Waals surface area contributed by atoms with Crippen molar-refractivity contribution in [2.45, 2.75) is 26.3 Å². The minimum absolute atomic E-state index is 0.0215. The Hall–Kier alpha value is -2.03. The molecule has 2 N–H and O–H groups in total. The molecule has 0 aliphatic rings. The maximum Gasteiger partial charge on any atom is 0.226 e. The summed E-state index contributed by atoms with van der Waals surface area (Å²) in [6, 6.07) is 7.99. The van der Waals surface area contributed by atoms with Gasteiger partial charge in [-0.15, -0.1) is 34.0 Å². The number of amides is 2. The molecule has 0 aliphatic carbocycles. The molecule has 0 aliphatic heterocycles. The quantitative estimate of drug-likeness (QED) is 0.636. The first-order chi connectivity index (χ1) is 12.1. The van der Waals surface area contributed by atoms with Crippen LogP contribution in [0.15, 0.2) is 35.0 Å². The summed E-state index contributed by atoms with van der Waals surface area (Å²) in [5, 5.41) is 10.2. The maximum absolute atomic E-state index is 12.0. The minimum Gasteiger partial charge on any atom is -0.351 e. The van der Waals surface area contributed by atoms with Crippen molar-refractivity contribution in [1.29, 1.82) is 0 Å². The molecule has 130 valence electrons. The van der Waals surface area contributed by atoms with E-state index in [-0.39, 0.29) is 11.8 Å². The smallest absolute Gasteiger partial charge is 0.226 e. The van der Waals surface area contributed by atoms with Crippen LogP contribution in [0, 0.1) is 0 Å². The zero-order valence-electron chi connectivity index (χ0n) is 13.6. The molecule has 0 radical (unpaired) electrons. The highest BCUT2D eigenvalue weighted by Crippen LogP contribution is 2.30. The number of nitrogens with one attached hydrogen (secondary N) is 2. The largest absolute Gasteiger partial charge is 0.351 e. The summed E-state index contributed by atoms with van der Waals surface area (Å²) in [5.41, 5.74) is 0.845. The van der Waals surface area contributed by atoms with Gasteiger partial charge in [-0.05, 0) is 30.0 Å². The van der Waals surface area contributed by atoms with Gasteiger partial charge in [0.05, 0.1) is 17.1 Å². The van der Waals surface area contributed by atoms with E-state index in [1.165, 1.54) is 23.1 Å². The lowest BCUT2D eigenvalue weighted by Gasteiger charge is -2.00. The van der Waals surface area contributed by atoms with Gasteiger partial charge < -0.3 is 10.6 Å². The lowest BCUT2D eigenvalue weighted by molar-refractivity contribution is -0.119. The van der Waals surface area contributed by atoms with Crippen LogP contribution >= 0.6 is 34.0 Å². The number of nitrogens with zero attached hydrogens (tertiary/aromatic N) is 1. The lowest BCUT2D eigenvalue weighted by Crippen LogP contribution is -2.17. The molecule has 3 aromatic rings. The van der Waals surface area contributed by atoms with Crippen LogP contribution < -0.4 is 10.6 Å². The number of thiophene rings is 2. The summed E-state index contributed by atoms with van der Waals surface area (Å²) in [6.45, 7) is 2.03. The minimum atomic E-state index is -0.0452. The molecule has 0 spiro atoms. The van der Waals surface area contributed by atoms with Crippen molar-refractivity contribution in [2.24, 2.45) is 0 Å². The zero-order valence-corrected chi connectivity index (χ0v) is 16.0. The van der Waals surface area contributed by atoms with E-state index in [4.69, 9.17) is 0 Å². The highest BCUT2D eigenvalue weighted by atomic mass is 32.1. The molecule has 0 atom stereocenters. The average Bonchev–Trinajstić information content (AvgIpc) is 3.32. The molecule has 0 fully saturated rings.